The van der Waals surface area contributed by atoms with E-state index in [9.17, 15) is 14.7 Å². The number of rotatable bonds is 5. The van der Waals surface area contributed by atoms with E-state index in [4.69, 9.17) is 5.73 Å². The Morgan fingerprint density at radius 1 is 1.30 bits per heavy atom. The maximum atomic E-state index is 13.2. The number of H-pyrrole nitrogens is 1. The number of aliphatic hydroxyl groups is 1. The molecule has 0 bridgehead atoms. The van der Waals surface area contributed by atoms with E-state index in [1.165, 1.54) is 11.3 Å². The number of nitrogens with two attached hydrogens (primary N) is 1. The average molecular weight is 468 g/mol. The van der Waals surface area contributed by atoms with Crippen LogP contribution in [0.4, 0.5) is 5.95 Å². The average Bonchev–Trinajstić information content (AvgIpc) is 3.48. The third kappa shape index (κ3) is 4.02. The fourth-order valence-corrected chi connectivity index (χ4v) is 5.46. The minimum atomic E-state index is -0.447. The van der Waals surface area contributed by atoms with Gasteiger partial charge in [0.15, 0.2) is 5.78 Å². The van der Waals surface area contributed by atoms with E-state index >= 15 is 0 Å². The number of aromatic nitrogens is 5. The SMILES string of the molecule is CC1(C)Cc2cnc(N)nc2-c2n[nH]c(C(=O)Cc3nc(CC(=O)N4CC[C@H](O)C4)cs3)c21. The number of anilines is 1. The zero-order chi connectivity index (χ0) is 23.3. The zero-order valence-corrected chi connectivity index (χ0v) is 19.3. The number of fused-ring (bicyclic) bond motifs is 3. The number of carbonyl (C=O) groups is 2. The fourth-order valence-electron chi connectivity index (χ4n) is 4.67. The van der Waals surface area contributed by atoms with E-state index in [0.29, 0.717) is 53.7 Å². The Bertz CT molecular complexity index is 1250. The molecule has 0 radical (unpaired) electrons. The second-order valence-corrected chi connectivity index (χ2v) is 10.2. The van der Waals surface area contributed by atoms with Gasteiger partial charge in [-0.25, -0.2) is 15.0 Å². The first-order valence-corrected chi connectivity index (χ1v) is 11.7. The summed E-state index contributed by atoms with van der Waals surface area (Å²) < 4.78 is 0. The monoisotopic (exact) mass is 467 g/mol. The van der Waals surface area contributed by atoms with Gasteiger partial charge in [-0.1, -0.05) is 13.8 Å². The topological polar surface area (TPSA) is 151 Å². The largest absolute Gasteiger partial charge is 0.391 e. The molecule has 0 unspecified atom stereocenters. The van der Waals surface area contributed by atoms with Crippen molar-refractivity contribution in [3.05, 3.63) is 39.1 Å². The molecule has 1 fully saturated rings. The van der Waals surface area contributed by atoms with Crippen LogP contribution in [0.2, 0.25) is 0 Å². The number of nitrogens with zero attached hydrogens (tertiary/aromatic N) is 5. The van der Waals surface area contributed by atoms with Crippen molar-refractivity contribution in [3.63, 3.8) is 0 Å². The molecule has 2 aliphatic rings. The summed E-state index contributed by atoms with van der Waals surface area (Å²) in [6, 6.07) is 0. The Balaban J connectivity index is 1.34. The molecule has 10 nitrogen and oxygen atoms in total. The Morgan fingerprint density at radius 2 is 2.12 bits per heavy atom. The number of amides is 1. The van der Waals surface area contributed by atoms with Crippen LogP contribution in [0.25, 0.3) is 11.4 Å². The second-order valence-electron chi connectivity index (χ2n) is 9.28. The maximum Gasteiger partial charge on any atom is 0.228 e. The molecule has 0 saturated carbocycles. The lowest BCUT2D eigenvalue weighted by Crippen LogP contribution is -2.30. The van der Waals surface area contributed by atoms with E-state index < -0.39 is 6.10 Å². The first-order valence-electron chi connectivity index (χ1n) is 10.8. The van der Waals surface area contributed by atoms with Gasteiger partial charge in [-0.3, -0.25) is 14.7 Å². The van der Waals surface area contributed by atoms with Crippen molar-refractivity contribution in [1.29, 1.82) is 0 Å². The van der Waals surface area contributed by atoms with Crippen LogP contribution in [0.5, 0.6) is 0 Å². The van der Waals surface area contributed by atoms with Gasteiger partial charge in [-0.2, -0.15) is 5.10 Å². The molecule has 3 aromatic heterocycles. The van der Waals surface area contributed by atoms with Crippen LogP contribution in [0.3, 0.4) is 0 Å². The van der Waals surface area contributed by atoms with Crippen LogP contribution >= 0.6 is 11.3 Å². The molecular weight excluding hydrogens is 442 g/mol. The van der Waals surface area contributed by atoms with Gasteiger partial charge in [0.1, 0.15) is 16.4 Å². The van der Waals surface area contributed by atoms with Crippen molar-refractivity contribution in [1.82, 2.24) is 30.0 Å². The molecule has 1 amide bonds. The molecule has 0 aromatic carbocycles. The van der Waals surface area contributed by atoms with Gasteiger partial charge in [0.2, 0.25) is 11.9 Å². The summed E-state index contributed by atoms with van der Waals surface area (Å²) >= 11 is 1.36. The zero-order valence-electron chi connectivity index (χ0n) is 18.5. The first kappa shape index (κ1) is 21.7. The number of ketones is 1. The molecule has 4 heterocycles. The minimum absolute atomic E-state index is 0.0564. The molecule has 11 heteroatoms. The highest BCUT2D eigenvalue weighted by Crippen LogP contribution is 2.43. The van der Waals surface area contributed by atoms with Gasteiger partial charge in [0, 0.05) is 30.2 Å². The Morgan fingerprint density at radius 3 is 2.88 bits per heavy atom. The summed E-state index contributed by atoms with van der Waals surface area (Å²) in [5.74, 6) is -0.000166. The summed E-state index contributed by atoms with van der Waals surface area (Å²) in [6.07, 6.45) is 2.84. The van der Waals surface area contributed by atoms with Gasteiger partial charge in [0.05, 0.1) is 30.3 Å². The van der Waals surface area contributed by atoms with Gasteiger partial charge < -0.3 is 15.7 Å². The number of likely N-dealkylation sites (tertiary alicyclic amines) is 1. The number of aliphatic hydroxyl groups excluding tert-OH is 1. The molecular formula is C22H25N7O3S. The van der Waals surface area contributed by atoms with Crippen LogP contribution in [0, 0.1) is 0 Å². The number of β-amino-alcohol motifs (C(OH)–C–C–N with tert-alkyl or cyclic N) is 1. The number of Topliss-reactive ketones (excluding diaryl/α,β-unsaturated/α-hetero) is 1. The summed E-state index contributed by atoms with van der Waals surface area (Å²) in [4.78, 5) is 40.3. The van der Waals surface area contributed by atoms with E-state index in [2.05, 4.69) is 39.0 Å². The third-order valence-electron chi connectivity index (χ3n) is 6.22. The van der Waals surface area contributed by atoms with Crippen molar-refractivity contribution in [2.24, 2.45) is 0 Å². The molecule has 3 aromatic rings. The van der Waals surface area contributed by atoms with E-state index in [1.807, 2.05) is 5.38 Å². The molecule has 0 spiro atoms. The normalized spacial score (nSPS) is 18.8. The molecule has 1 saturated heterocycles. The van der Waals surface area contributed by atoms with Crippen LogP contribution in [-0.4, -0.2) is 66.0 Å². The quantitative estimate of drug-likeness (QED) is 0.475. The summed E-state index contributed by atoms with van der Waals surface area (Å²) in [6.45, 7) is 5.07. The molecule has 4 N–H and O–H groups in total. The van der Waals surface area contributed by atoms with Crippen molar-refractivity contribution in [2.45, 2.75) is 51.0 Å². The molecule has 1 aliphatic heterocycles. The number of hydrogen-bond acceptors (Lipinski definition) is 9. The van der Waals surface area contributed by atoms with Gasteiger partial charge in [-0.05, 0) is 23.8 Å². The lowest BCUT2D eigenvalue weighted by molar-refractivity contribution is -0.129. The highest BCUT2D eigenvalue weighted by Gasteiger charge is 2.38. The van der Waals surface area contributed by atoms with E-state index in [1.54, 1.807) is 11.1 Å². The van der Waals surface area contributed by atoms with Gasteiger partial charge >= 0.3 is 0 Å². The second kappa shape index (κ2) is 7.99. The molecule has 172 valence electrons. The summed E-state index contributed by atoms with van der Waals surface area (Å²) in [7, 11) is 0. The first-order chi connectivity index (χ1) is 15.7. The molecule has 1 aliphatic carbocycles. The number of aromatic amines is 1. The van der Waals surface area contributed by atoms with Crippen molar-refractivity contribution >= 4 is 29.0 Å². The Kier molecular flexibility index (Phi) is 5.25. The predicted molar refractivity (Wildman–Crippen MR) is 122 cm³/mol. The number of thiazole rings is 1. The lowest BCUT2D eigenvalue weighted by atomic mass is 9.73. The van der Waals surface area contributed by atoms with Crippen LogP contribution in [0.15, 0.2) is 11.6 Å². The number of hydrogen-bond donors (Lipinski definition) is 3. The maximum absolute atomic E-state index is 13.2. The highest BCUT2D eigenvalue weighted by molar-refractivity contribution is 7.09. The summed E-state index contributed by atoms with van der Waals surface area (Å²) in [5.41, 5.74) is 9.63. The van der Waals surface area contributed by atoms with Gasteiger partial charge in [-0.15, -0.1) is 11.3 Å². The standard InChI is InChI=1S/C22H25N7O3S/c1-22(2)7-11-8-24-21(23)26-18(11)20-17(22)19(27-28-20)14(31)6-15-25-12(10-33-15)5-16(32)29-4-3-13(30)9-29/h8,10,13,30H,3-7,9H2,1-2H3,(H,27,28)(H2,23,24,26)/t13-/m0/s1. The smallest absolute Gasteiger partial charge is 0.228 e. The van der Waals surface area contributed by atoms with Crippen LogP contribution < -0.4 is 5.73 Å². The van der Waals surface area contributed by atoms with E-state index in [0.717, 1.165) is 11.1 Å². The number of carbonyl (C=O) groups excluding carboxylic acids is 2. The van der Waals surface area contributed by atoms with E-state index in [-0.39, 0.29) is 35.9 Å². The van der Waals surface area contributed by atoms with Crippen molar-refractivity contribution < 1.29 is 14.7 Å². The van der Waals surface area contributed by atoms with Crippen LogP contribution in [-0.2, 0) is 29.5 Å². The summed E-state index contributed by atoms with van der Waals surface area (Å²) in [5, 5.41) is 19.4. The van der Waals surface area contributed by atoms with Crippen molar-refractivity contribution in [2.75, 3.05) is 18.8 Å². The lowest BCUT2D eigenvalue weighted by Gasteiger charge is -2.30. The fraction of sp³-hybridized carbons (Fsp3) is 0.455. The predicted octanol–water partition coefficient (Wildman–Crippen LogP) is 1.30. The molecule has 33 heavy (non-hydrogen) atoms. The molecule has 1 atom stereocenters. The number of nitrogens with one attached hydrogen (secondary N) is 1. The van der Waals surface area contributed by atoms with Gasteiger partial charge in [0.25, 0.3) is 0 Å². The third-order valence-corrected chi connectivity index (χ3v) is 7.12. The number of nitrogen functional groups attached to an aromatic ring is 1. The highest BCUT2D eigenvalue weighted by atomic mass is 32.1. The molecule has 5 rings (SSSR count). The Labute approximate surface area is 194 Å². The Hall–Kier alpha value is -3.18. The minimum Gasteiger partial charge on any atom is -0.391 e. The van der Waals surface area contributed by atoms with Crippen LogP contribution in [0.1, 0.15) is 52.6 Å². The van der Waals surface area contributed by atoms with Crippen molar-refractivity contribution in [3.8, 4) is 11.4 Å².